The molecule has 0 aliphatic heterocycles. The van der Waals surface area contributed by atoms with Crippen LogP contribution in [0.2, 0.25) is 0 Å². The Morgan fingerprint density at radius 3 is 2.60 bits per heavy atom. The SMILES string of the molecule is CCCCC(NC(=O)C(N)C(=O)c1cc[nH]c1)C(N)=O. The molecule has 0 aliphatic carbocycles. The molecule has 1 aromatic heterocycles. The Labute approximate surface area is 117 Å². The first-order valence-electron chi connectivity index (χ1n) is 6.49. The van der Waals surface area contributed by atoms with Gasteiger partial charge in [-0.3, -0.25) is 14.4 Å². The summed E-state index contributed by atoms with van der Waals surface area (Å²) in [6.45, 7) is 1.96. The van der Waals surface area contributed by atoms with E-state index in [-0.39, 0.29) is 0 Å². The molecule has 2 unspecified atom stereocenters. The van der Waals surface area contributed by atoms with E-state index in [4.69, 9.17) is 11.5 Å². The number of unbranched alkanes of at least 4 members (excludes halogenated alkanes) is 1. The van der Waals surface area contributed by atoms with Gasteiger partial charge in [-0.05, 0) is 12.5 Å². The molecule has 0 radical (unpaired) electrons. The number of nitrogens with two attached hydrogens (primary N) is 2. The summed E-state index contributed by atoms with van der Waals surface area (Å²) in [5, 5.41) is 2.42. The molecule has 7 heteroatoms. The summed E-state index contributed by atoms with van der Waals surface area (Å²) in [5.74, 6) is -1.84. The Morgan fingerprint density at radius 1 is 1.40 bits per heavy atom. The van der Waals surface area contributed by atoms with Crippen LogP contribution in [0.5, 0.6) is 0 Å². The summed E-state index contributed by atoms with van der Waals surface area (Å²) in [6, 6.07) is -0.625. The highest BCUT2D eigenvalue weighted by molar-refractivity contribution is 6.13. The van der Waals surface area contributed by atoms with Crippen molar-refractivity contribution in [3.63, 3.8) is 0 Å². The van der Waals surface area contributed by atoms with Gasteiger partial charge in [-0.2, -0.15) is 0 Å². The van der Waals surface area contributed by atoms with Gasteiger partial charge in [0.2, 0.25) is 11.8 Å². The van der Waals surface area contributed by atoms with Crippen LogP contribution >= 0.6 is 0 Å². The molecular formula is C13H20N4O3. The van der Waals surface area contributed by atoms with Crippen molar-refractivity contribution in [2.45, 2.75) is 38.3 Å². The van der Waals surface area contributed by atoms with Crippen LogP contribution < -0.4 is 16.8 Å². The topological polar surface area (TPSA) is 131 Å². The van der Waals surface area contributed by atoms with Crippen molar-refractivity contribution in [1.82, 2.24) is 10.3 Å². The zero-order valence-electron chi connectivity index (χ0n) is 11.4. The lowest BCUT2D eigenvalue weighted by Crippen LogP contribution is -2.52. The average molecular weight is 280 g/mol. The number of hydrogen-bond acceptors (Lipinski definition) is 4. The van der Waals surface area contributed by atoms with Crippen molar-refractivity contribution in [2.75, 3.05) is 0 Å². The van der Waals surface area contributed by atoms with Gasteiger partial charge in [0.05, 0.1) is 0 Å². The van der Waals surface area contributed by atoms with Crippen molar-refractivity contribution in [3.8, 4) is 0 Å². The standard InChI is InChI=1S/C13H20N4O3/c1-2-3-4-9(12(15)19)17-13(20)10(14)11(18)8-5-6-16-7-8/h5-7,9-10,16H,2-4,14H2,1H3,(H2,15,19)(H,17,20). The minimum absolute atomic E-state index is 0.317. The van der Waals surface area contributed by atoms with Crippen LogP contribution in [0, 0.1) is 0 Å². The number of H-pyrrole nitrogens is 1. The molecule has 0 aromatic carbocycles. The first kappa shape index (κ1) is 15.9. The number of carbonyl (C=O) groups is 3. The van der Waals surface area contributed by atoms with E-state index in [0.29, 0.717) is 12.0 Å². The minimum Gasteiger partial charge on any atom is -0.368 e. The van der Waals surface area contributed by atoms with Gasteiger partial charge in [-0.25, -0.2) is 0 Å². The average Bonchev–Trinajstić information content (AvgIpc) is 2.95. The van der Waals surface area contributed by atoms with E-state index in [1.807, 2.05) is 6.92 Å². The zero-order chi connectivity index (χ0) is 15.1. The number of rotatable bonds is 8. The van der Waals surface area contributed by atoms with Crippen molar-refractivity contribution in [2.24, 2.45) is 11.5 Å². The van der Waals surface area contributed by atoms with Crippen molar-refractivity contribution >= 4 is 17.6 Å². The van der Waals surface area contributed by atoms with Crippen molar-refractivity contribution < 1.29 is 14.4 Å². The Bertz CT molecular complexity index is 470. The molecule has 1 rings (SSSR count). The van der Waals surface area contributed by atoms with Gasteiger partial charge in [-0.15, -0.1) is 0 Å². The third kappa shape index (κ3) is 4.20. The quantitative estimate of drug-likeness (QED) is 0.384. The Hall–Kier alpha value is -2.15. The van der Waals surface area contributed by atoms with E-state index in [0.717, 1.165) is 12.8 Å². The van der Waals surface area contributed by atoms with Gasteiger partial charge in [0.1, 0.15) is 12.1 Å². The van der Waals surface area contributed by atoms with Crippen LogP contribution in [0.1, 0.15) is 36.5 Å². The zero-order valence-corrected chi connectivity index (χ0v) is 11.4. The predicted molar refractivity (Wildman–Crippen MR) is 73.7 cm³/mol. The van der Waals surface area contributed by atoms with Gasteiger partial charge in [-0.1, -0.05) is 19.8 Å². The van der Waals surface area contributed by atoms with Crippen LogP contribution in [0.4, 0.5) is 0 Å². The first-order chi connectivity index (χ1) is 9.47. The highest BCUT2D eigenvalue weighted by Gasteiger charge is 2.27. The summed E-state index contributed by atoms with van der Waals surface area (Å²) < 4.78 is 0. The van der Waals surface area contributed by atoms with E-state index >= 15 is 0 Å². The molecule has 0 saturated heterocycles. The third-order valence-corrected chi connectivity index (χ3v) is 2.95. The number of Topliss-reactive ketones (excluding diaryl/α,β-unsaturated/α-hetero) is 1. The molecule has 6 N–H and O–H groups in total. The summed E-state index contributed by atoms with van der Waals surface area (Å²) in [6.07, 6.45) is 5.06. The van der Waals surface area contributed by atoms with E-state index in [1.165, 1.54) is 12.3 Å². The van der Waals surface area contributed by atoms with E-state index < -0.39 is 29.7 Å². The highest BCUT2D eigenvalue weighted by atomic mass is 16.2. The van der Waals surface area contributed by atoms with Crippen LogP contribution in [0.15, 0.2) is 18.5 Å². The number of amides is 2. The first-order valence-corrected chi connectivity index (χ1v) is 6.49. The van der Waals surface area contributed by atoms with E-state index in [2.05, 4.69) is 10.3 Å². The smallest absolute Gasteiger partial charge is 0.245 e. The maximum atomic E-state index is 11.9. The lowest BCUT2D eigenvalue weighted by molar-refractivity contribution is -0.127. The second-order valence-corrected chi connectivity index (χ2v) is 4.55. The van der Waals surface area contributed by atoms with Crippen LogP contribution in [0.25, 0.3) is 0 Å². The maximum absolute atomic E-state index is 11.9. The molecule has 1 heterocycles. The second kappa shape index (κ2) is 7.44. The molecule has 0 fully saturated rings. The summed E-state index contributed by atoms with van der Waals surface area (Å²) in [4.78, 5) is 37.7. The van der Waals surface area contributed by atoms with Crippen LogP contribution in [-0.2, 0) is 9.59 Å². The van der Waals surface area contributed by atoms with E-state index in [9.17, 15) is 14.4 Å². The summed E-state index contributed by atoms with van der Waals surface area (Å²) in [5.41, 5.74) is 11.1. The lowest BCUT2D eigenvalue weighted by Gasteiger charge is -2.17. The third-order valence-electron chi connectivity index (χ3n) is 2.95. The van der Waals surface area contributed by atoms with Gasteiger partial charge in [0.15, 0.2) is 5.78 Å². The number of ketones is 1. The minimum atomic E-state index is -1.35. The molecule has 2 amide bonds. The fraction of sp³-hybridized carbons (Fsp3) is 0.462. The summed E-state index contributed by atoms with van der Waals surface area (Å²) >= 11 is 0. The molecular weight excluding hydrogens is 260 g/mol. The fourth-order valence-electron chi connectivity index (χ4n) is 1.73. The molecule has 1 aromatic rings. The van der Waals surface area contributed by atoms with Gasteiger partial charge >= 0.3 is 0 Å². The van der Waals surface area contributed by atoms with Crippen molar-refractivity contribution in [1.29, 1.82) is 0 Å². The number of aromatic nitrogens is 1. The van der Waals surface area contributed by atoms with Crippen LogP contribution in [0.3, 0.4) is 0 Å². The number of primary amides is 1. The molecule has 7 nitrogen and oxygen atoms in total. The van der Waals surface area contributed by atoms with Crippen LogP contribution in [-0.4, -0.2) is 34.7 Å². The Morgan fingerprint density at radius 2 is 2.10 bits per heavy atom. The number of aromatic amines is 1. The monoisotopic (exact) mass is 280 g/mol. The Balaban J connectivity index is 2.64. The molecule has 2 atom stereocenters. The normalized spacial score (nSPS) is 13.5. The largest absolute Gasteiger partial charge is 0.368 e. The van der Waals surface area contributed by atoms with E-state index in [1.54, 1.807) is 6.20 Å². The molecule has 110 valence electrons. The fourth-order valence-corrected chi connectivity index (χ4v) is 1.73. The number of nitrogens with one attached hydrogen (secondary N) is 2. The Kier molecular flexibility index (Phi) is 5.92. The molecule has 0 bridgehead atoms. The summed E-state index contributed by atoms with van der Waals surface area (Å²) in [7, 11) is 0. The molecule has 0 aliphatic rings. The molecule has 20 heavy (non-hydrogen) atoms. The molecule has 0 spiro atoms. The highest BCUT2D eigenvalue weighted by Crippen LogP contribution is 2.04. The van der Waals surface area contributed by atoms with Gasteiger partial charge in [0, 0.05) is 18.0 Å². The predicted octanol–water partition coefficient (Wildman–Crippen LogP) is -0.315. The van der Waals surface area contributed by atoms with Crippen molar-refractivity contribution in [3.05, 3.63) is 24.0 Å². The number of hydrogen-bond donors (Lipinski definition) is 4. The van der Waals surface area contributed by atoms with Gasteiger partial charge < -0.3 is 21.8 Å². The van der Waals surface area contributed by atoms with Gasteiger partial charge in [0.25, 0.3) is 0 Å². The second-order valence-electron chi connectivity index (χ2n) is 4.55. The number of carbonyl (C=O) groups excluding carboxylic acids is 3. The lowest BCUT2D eigenvalue weighted by atomic mass is 10.1. The molecule has 0 saturated carbocycles. The maximum Gasteiger partial charge on any atom is 0.245 e.